The van der Waals surface area contributed by atoms with Crippen LogP contribution in [0.25, 0.3) is 10.9 Å². The van der Waals surface area contributed by atoms with Crippen molar-refractivity contribution >= 4 is 28.6 Å². The number of carbonyl (C=O) groups is 1. The molecule has 0 aliphatic carbocycles. The van der Waals surface area contributed by atoms with Gasteiger partial charge in [-0.05, 0) is 29.3 Å². The highest BCUT2D eigenvalue weighted by Gasteiger charge is 2.22. The molecule has 4 aromatic rings. The molecule has 0 unspecified atom stereocenters. The Hall–Kier alpha value is -3.49. The minimum atomic E-state index is -0.107. The third kappa shape index (κ3) is 5.61. The number of pyridine rings is 1. The molecule has 1 aliphatic heterocycles. The highest BCUT2D eigenvalue weighted by Crippen LogP contribution is 2.20. The van der Waals surface area contributed by atoms with Gasteiger partial charge in [0.05, 0.1) is 23.2 Å². The van der Waals surface area contributed by atoms with E-state index in [1.165, 1.54) is 17.3 Å². The molecule has 5 rings (SSSR count). The standard InChI is InChI=1S/C27H27N5O2S/c33-25(31-15-13-30(14-16-31)18-21-7-2-1-3-8-21)20-35-27-29-24-11-5-4-10-23(24)26(34)32(27)19-22-9-6-12-28-17-22/h1-12,17H,13-16,18-20H2. The Labute approximate surface area is 208 Å². The van der Waals surface area contributed by atoms with Crippen molar-refractivity contribution in [3.05, 3.63) is 101 Å². The van der Waals surface area contributed by atoms with E-state index < -0.39 is 0 Å². The first-order valence-electron chi connectivity index (χ1n) is 11.7. The summed E-state index contributed by atoms with van der Waals surface area (Å²) in [6.45, 7) is 4.38. The first-order chi connectivity index (χ1) is 17.2. The van der Waals surface area contributed by atoms with E-state index in [4.69, 9.17) is 4.98 Å². The minimum absolute atomic E-state index is 0.0738. The molecule has 1 aliphatic rings. The van der Waals surface area contributed by atoms with E-state index >= 15 is 0 Å². The molecule has 1 amide bonds. The topological polar surface area (TPSA) is 71.3 Å². The predicted molar refractivity (Wildman–Crippen MR) is 138 cm³/mol. The summed E-state index contributed by atoms with van der Waals surface area (Å²) in [7, 11) is 0. The van der Waals surface area contributed by atoms with Gasteiger partial charge in [0.15, 0.2) is 5.16 Å². The molecule has 2 aromatic carbocycles. The zero-order valence-corrected chi connectivity index (χ0v) is 20.2. The van der Waals surface area contributed by atoms with Crippen molar-refractivity contribution in [2.75, 3.05) is 31.9 Å². The van der Waals surface area contributed by atoms with Crippen molar-refractivity contribution in [3.63, 3.8) is 0 Å². The van der Waals surface area contributed by atoms with Crippen LogP contribution in [0.5, 0.6) is 0 Å². The number of thioether (sulfide) groups is 1. The van der Waals surface area contributed by atoms with E-state index in [2.05, 4.69) is 34.1 Å². The number of para-hydroxylation sites is 1. The molecule has 2 aromatic heterocycles. The number of amides is 1. The lowest BCUT2D eigenvalue weighted by molar-refractivity contribution is -0.130. The molecular formula is C27H27N5O2S. The maximum atomic E-state index is 13.3. The maximum Gasteiger partial charge on any atom is 0.262 e. The van der Waals surface area contributed by atoms with E-state index in [1.54, 1.807) is 23.0 Å². The van der Waals surface area contributed by atoms with Crippen LogP contribution in [-0.2, 0) is 17.9 Å². The van der Waals surface area contributed by atoms with Crippen molar-refractivity contribution in [2.45, 2.75) is 18.2 Å². The Bertz CT molecular complexity index is 1350. The largest absolute Gasteiger partial charge is 0.339 e. The SMILES string of the molecule is O=C(CSc1nc2ccccc2c(=O)n1Cc1cccnc1)N1CCN(Cc2ccccc2)CC1. The van der Waals surface area contributed by atoms with Gasteiger partial charge in [-0.2, -0.15) is 0 Å². The summed E-state index contributed by atoms with van der Waals surface area (Å²) in [5.41, 5.74) is 2.74. The highest BCUT2D eigenvalue weighted by molar-refractivity contribution is 7.99. The van der Waals surface area contributed by atoms with Crippen LogP contribution >= 0.6 is 11.8 Å². The van der Waals surface area contributed by atoms with Crippen molar-refractivity contribution in [3.8, 4) is 0 Å². The second kappa shape index (κ2) is 10.8. The molecule has 0 atom stereocenters. The van der Waals surface area contributed by atoms with Gasteiger partial charge >= 0.3 is 0 Å². The van der Waals surface area contributed by atoms with Crippen LogP contribution < -0.4 is 5.56 Å². The Morgan fingerprint density at radius 3 is 2.37 bits per heavy atom. The van der Waals surface area contributed by atoms with E-state index in [9.17, 15) is 9.59 Å². The van der Waals surface area contributed by atoms with Crippen molar-refractivity contribution in [2.24, 2.45) is 0 Å². The number of aromatic nitrogens is 3. The third-order valence-electron chi connectivity index (χ3n) is 6.19. The van der Waals surface area contributed by atoms with Gasteiger partial charge in [-0.25, -0.2) is 4.98 Å². The number of hydrogen-bond acceptors (Lipinski definition) is 6. The first-order valence-corrected chi connectivity index (χ1v) is 12.7. The van der Waals surface area contributed by atoms with Crippen molar-refractivity contribution in [1.29, 1.82) is 0 Å². The van der Waals surface area contributed by atoms with E-state index in [-0.39, 0.29) is 17.2 Å². The van der Waals surface area contributed by atoms with E-state index in [0.29, 0.717) is 35.7 Å². The molecular weight excluding hydrogens is 458 g/mol. The molecule has 0 N–H and O–H groups in total. The molecule has 0 radical (unpaired) electrons. The lowest BCUT2D eigenvalue weighted by atomic mass is 10.2. The van der Waals surface area contributed by atoms with E-state index in [1.807, 2.05) is 41.3 Å². The molecule has 8 heteroatoms. The van der Waals surface area contributed by atoms with Crippen LogP contribution in [0.2, 0.25) is 0 Å². The van der Waals surface area contributed by atoms with Crippen LogP contribution in [0.15, 0.2) is 89.1 Å². The normalized spacial score (nSPS) is 14.3. The van der Waals surface area contributed by atoms with E-state index in [0.717, 1.165) is 25.2 Å². The van der Waals surface area contributed by atoms with Gasteiger partial charge in [-0.1, -0.05) is 60.3 Å². The summed E-state index contributed by atoms with van der Waals surface area (Å²) in [5.74, 6) is 0.320. The highest BCUT2D eigenvalue weighted by atomic mass is 32.2. The summed E-state index contributed by atoms with van der Waals surface area (Å²) in [4.78, 5) is 39.5. The van der Waals surface area contributed by atoms with Crippen molar-refractivity contribution in [1.82, 2.24) is 24.3 Å². The van der Waals surface area contributed by atoms with Gasteiger partial charge in [-0.15, -0.1) is 0 Å². The van der Waals surface area contributed by atoms with Crippen LogP contribution in [0.3, 0.4) is 0 Å². The zero-order chi connectivity index (χ0) is 24.0. The number of benzene rings is 2. The molecule has 7 nitrogen and oxygen atoms in total. The first kappa shape index (κ1) is 23.3. The summed E-state index contributed by atoms with van der Waals surface area (Å²) in [5, 5.41) is 1.12. The average Bonchev–Trinajstić information content (AvgIpc) is 2.91. The maximum absolute atomic E-state index is 13.3. The van der Waals surface area contributed by atoms with Gasteiger partial charge in [0.25, 0.3) is 5.56 Å². The smallest absolute Gasteiger partial charge is 0.262 e. The fourth-order valence-corrected chi connectivity index (χ4v) is 5.19. The summed E-state index contributed by atoms with van der Waals surface area (Å²) < 4.78 is 1.65. The Kier molecular flexibility index (Phi) is 7.20. The Balaban J connectivity index is 1.26. The fraction of sp³-hybridized carbons (Fsp3) is 0.259. The summed E-state index contributed by atoms with van der Waals surface area (Å²) >= 11 is 1.33. The molecule has 35 heavy (non-hydrogen) atoms. The zero-order valence-electron chi connectivity index (χ0n) is 19.4. The number of rotatable bonds is 7. The lowest BCUT2D eigenvalue weighted by Crippen LogP contribution is -2.48. The van der Waals surface area contributed by atoms with Gasteiger partial charge in [0, 0.05) is 45.1 Å². The van der Waals surface area contributed by atoms with Crippen LogP contribution in [0, 0.1) is 0 Å². The number of piperazine rings is 1. The van der Waals surface area contributed by atoms with Crippen LogP contribution in [-0.4, -0.2) is 62.2 Å². The number of nitrogens with zero attached hydrogens (tertiary/aromatic N) is 5. The van der Waals surface area contributed by atoms with Gasteiger partial charge in [0.2, 0.25) is 5.91 Å². The quantitative estimate of drug-likeness (QED) is 0.296. The Morgan fingerprint density at radius 1 is 0.857 bits per heavy atom. The number of carbonyl (C=O) groups excluding carboxylic acids is 1. The molecule has 178 valence electrons. The lowest BCUT2D eigenvalue weighted by Gasteiger charge is -2.34. The molecule has 3 heterocycles. The molecule has 0 saturated carbocycles. The molecule has 0 spiro atoms. The molecule has 0 bridgehead atoms. The Morgan fingerprint density at radius 2 is 1.60 bits per heavy atom. The molecule has 1 fully saturated rings. The minimum Gasteiger partial charge on any atom is -0.339 e. The monoisotopic (exact) mass is 485 g/mol. The molecule has 1 saturated heterocycles. The second-order valence-corrected chi connectivity index (χ2v) is 9.54. The van der Waals surface area contributed by atoms with Crippen LogP contribution in [0.1, 0.15) is 11.1 Å². The van der Waals surface area contributed by atoms with Gasteiger partial charge in [0.1, 0.15) is 0 Å². The fourth-order valence-electron chi connectivity index (χ4n) is 4.29. The van der Waals surface area contributed by atoms with Gasteiger partial charge < -0.3 is 4.90 Å². The number of fused-ring (bicyclic) bond motifs is 1. The average molecular weight is 486 g/mol. The number of hydrogen-bond donors (Lipinski definition) is 0. The summed E-state index contributed by atoms with van der Waals surface area (Å²) in [6, 6.07) is 21.5. The predicted octanol–water partition coefficient (Wildman–Crippen LogP) is 3.28. The van der Waals surface area contributed by atoms with Crippen LogP contribution in [0.4, 0.5) is 0 Å². The second-order valence-electron chi connectivity index (χ2n) is 8.60. The third-order valence-corrected chi connectivity index (χ3v) is 7.15. The summed E-state index contributed by atoms with van der Waals surface area (Å²) in [6.07, 6.45) is 3.45. The van der Waals surface area contributed by atoms with Gasteiger partial charge in [-0.3, -0.25) is 24.0 Å². The van der Waals surface area contributed by atoms with Crippen molar-refractivity contribution < 1.29 is 4.79 Å².